The lowest BCUT2D eigenvalue weighted by atomic mass is 10.2. The number of nitrogens with zero attached hydrogens (tertiary/aromatic N) is 1. The van der Waals surface area contributed by atoms with E-state index in [4.69, 9.17) is 0 Å². The maximum Gasteiger partial charge on any atom is 0.0303 e. The predicted octanol–water partition coefficient (Wildman–Crippen LogP) is 3.32. The monoisotopic (exact) mass is 184 g/mol. The molecule has 0 bridgehead atoms. The van der Waals surface area contributed by atoms with Crippen molar-refractivity contribution in [2.45, 2.75) is 0 Å². The van der Waals surface area contributed by atoms with E-state index in [2.05, 4.69) is 0 Å². The first-order valence-corrected chi connectivity index (χ1v) is 4.45. The Hall–Kier alpha value is -1.80. The summed E-state index contributed by atoms with van der Waals surface area (Å²) >= 11 is 0. The van der Waals surface area contributed by atoms with Crippen molar-refractivity contribution in [2.75, 3.05) is 5.06 Å². The molecule has 0 aliphatic carbocycles. The fourth-order valence-electron chi connectivity index (χ4n) is 1.28. The summed E-state index contributed by atoms with van der Waals surface area (Å²) in [5.41, 5.74) is 1.30. The quantitative estimate of drug-likeness (QED) is 0.669. The topological polar surface area (TPSA) is 26.3 Å². The average Bonchev–Trinajstić information content (AvgIpc) is 2.30. The molecule has 0 aliphatic heterocycles. The molecule has 0 amide bonds. The van der Waals surface area contributed by atoms with Gasteiger partial charge < -0.3 is 10.3 Å². The lowest BCUT2D eigenvalue weighted by Crippen LogP contribution is -2.05. The van der Waals surface area contributed by atoms with Gasteiger partial charge in [0.2, 0.25) is 0 Å². The van der Waals surface area contributed by atoms with Gasteiger partial charge >= 0.3 is 0 Å². The average molecular weight is 184 g/mol. The Morgan fingerprint density at radius 1 is 0.643 bits per heavy atom. The molecule has 0 radical (unpaired) electrons. The summed E-state index contributed by atoms with van der Waals surface area (Å²) in [5, 5.41) is 12.7. The highest BCUT2D eigenvalue weighted by atomic mass is 16.5. The molecule has 0 aromatic heterocycles. The molecule has 2 heteroatoms. The minimum atomic E-state index is 0.652. The largest absolute Gasteiger partial charge is 0.754 e. The number of benzene rings is 2. The van der Waals surface area contributed by atoms with E-state index in [9.17, 15) is 5.21 Å². The molecule has 0 saturated carbocycles. The van der Waals surface area contributed by atoms with Crippen LogP contribution in [0.3, 0.4) is 0 Å². The Morgan fingerprint density at radius 2 is 1.00 bits per heavy atom. The SMILES string of the molecule is [O-]N(c1ccccc1)c1ccccc1. The zero-order valence-electron chi connectivity index (χ0n) is 7.63. The van der Waals surface area contributed by atoms with E-state index in [0.717, 1.165) is 5.06 Å². The molecule has 0 fully saturated rings. The zero-order valence-corrected chi connectivity index (χ0v) is 7.63. The van der Waals surface area contributed by atoms with Crippen molar-refractivity contribution in [3.63, 3.8) is 0 Å². The highest BCUT2D eigenvalue weighted by Crippen LogP contribution is 2.22. The Bertz CT molecular complexity index is 346. The molecule has 0 unspecified atom stereocenters. The molecule has 0 saturated heterocycles. The Morgan fingerprint density at radius 3 is 1.36 bits per heavy atom. The van der Waals surface area contributed by atoms with Crippen molar-refractivity contribution in [3.05, 3.63) is 65.9 Å². The molecule has 2 nitrogen and oxygen atoms in total. The number of rotatable bonds is 2. The summed E-state index contributed by atoms with van der Waals surface area (Å²) in [6, 6.07) is 18.4. The van der Waals surface area contributed by atoms with Gasteiger partial charge in [-0.15, -0.1) is 0 Å². The van der Waals surface area contributed by atoms with E-state index in [-0.39, 0.29) is 0 Å². The van der Waals surface area contributed by atoms with E-state index in [1.807, 2.05) is 36.4 Å². The highest BCUT2D eigenvalue weighted by molar-refractivity contribution is 5.63. The third-order valence-corrected chi connectivity index (χ3v) is 1.98. The highest BCUT2D eigenvalue weighted by Gasteiger charge is 1.95. The van der Waals surface area contributed by atoms with Crippen LogP contribution >= 0.6 is 0 Å². The van der Waals surface area contributed by atoms with Gasteiger partial charge in [0.15, 0.2) is 0 Å². The smallest absolute Gasteiger partial charge is 0.0303 e. The third-order valence-electron chi connectivity index (χ3n) is 1.98. The summed E-state index contributed by atoms with van der Waals surface area (Å²) in [6.45, 7) is 0. The van der Waals surface area contributed by atoms with Gasteiger partial charge in [0.1, 0.15) is 0 Å². The summed E-state index contributed by atoms with van der Waals surface area (Å²) < 4.78 is 0. The minimum absolute atomic E-state index is 0.652. The maximum absolute atomic E-state index is 11.8. The second-order valence-electron chi connectivity index (χ2n) is 2.97. The van der Waals surface area contributed by atoms with Gasteiger partial charge in [0.05, 0.1) is 0 Å². The van der Waals surface area contributed by atoms with Crippen LogP contribution in [-0.4, -0.2) is 0 Å². The fourth-order valence-corrected chi connectivity index (χ4v) is 1.28. The van der Waals surface area contributed by atoms with Crippen LogP contribution in [0, 0.1) is 5.21 Å². The second kappa shape index (κ2) is 3.94. The molecule has 2 aromatic rings. The van der Waals surface area contributed by atoms with Crippen molar-refractivity contribution in [2.24, 2.45) is 0 Å². The van der Waals surface area contributed by atoms with E-state index in [1.54, 1.807) is 24.3 Å². The summed E-state index contributed by atoms with van der Waals surface area (Å²) in [6.07, 6.45) is 0. The molecule has 14 heavy (non-hydrogen) atoms. The third kappa shape index (κ3) is 1.75. The van der Waals surface area contributed by atoms with Crippen molar-refractivity contribution in [1.29, 1.82) is 0 Å². The van der Waals surface area contributed by atoms with Gasteiger partial charge in [-0.3, -0.25) is 0 Å². The molecule has 0 N–H and O–H groups in total. The standard InChI is InChI=1S/C12H10NO/c14-13(11-7-3-1-4-8-11)12-9-5-2-6-10-12/h1-10H/q-1. The molecule has 0 atom stereocenters. The summed E-state index contributed by atoms with van der Waals surface area (Å²) in [5.74, 6) is 0. The Balaban J connectivity index is 2.30. The van der Waals surface area contributed by atoms with Crippen molar-refractivity contribution < 1.29 is 0 Å². The number of anilines is 2. The normalized spacial score (nSPS) is 9.79. The van der Waals surface area contributed by atoms with Gasteiger partial charge in [0, 0.05) is 11.4 Å². The molecule has 2 rings (SSSR count). The van der Waals surface area contributed by atoms with Crippen LogP contribution in [0.15, 0.2) is 60.7 Å². The van der Waals surface area contributed by atoms with Crippen molar-refractivity contribution >= 4 is 11.4 Å². The van der Waals surface area contributed by atoms with Gasteiger partial charge in [-0.25, -0.2) is 0 Å². The van der Waals surface area contributed by atoms with Gasteiger partial charge in [0.25, 0.3) is 0 Å². The Kier molecular flexibility index (Phi) is 2.47. The summed E-state index contributed by atoms with van der Waals surface area (Å²) in [4.78, 5) is 0. The fraction of sp³-hybridized carbons (Fsp3) is 0. The molecular weight excluding hydrogens is 174 g/mol. The molecule has 0 spiro atoms. The van der Waals surface area contributed by atoms with Crippen LogP contribution in [0.4, 0.5) is 11.4 Å². The van der Waals surface area contributed by atoms with Crippen LogP contribution < -0.4 is 5.06 Å². The van der Waals surface area contributed by atoms with Crippen LogP contribution in [0.25, 0.3) is 0 Å². The van der Waals surface area contributed by atoms with Crippen LogP contribution in [0.1, 0.15) is 0 Å². The number of hydrogen-bond donors (Lipinski definition) is 0. The second-order valence-corrected chi connectivity index (χ2v) is 2.97. The van der Waals surface area contributed by atoms with Crippen LogP contribution in [0.2, 0.25) is 0 Å². The van der Waals surface area contributed by atoms with Crippen molar-refractivity contribution in [1.82, 2.24) is 0 Å². The lowest BCUT2D eigenvalue weighted by Gasteiger charge is -2.30. The van der Waals surface area contributed by atoms with Crippen LogP contribution in [-0.2, 0) is 0 Å². The number of para-hydroxylation sites is 2. The first kappa shape index (κ1) is 8.78. The van der Waals surface area contributed by atoms with E-state index in [1.165, 1.54) is 0 Å². The molecule has 70 valence electrons. The first-order valence-electron chi connectivity index (χ1n) is 4.45. The maximum atomic E-state index is 11.8. The molecule has 0 aliphatic rings. The molecular formula is C12H10NO-. The van der Waals surface area contributed by atoms with Crippen LogP contribution in [0.5, 0.6) is 0 Å². The van der Waals surface area contributed by atoms with E-state index in [0.29, 0.717) is 11.4 Å². The van der Waals surface area contributed by atoms with Crippen molar-refractivity contribution in [3.8, 4) is 0 Å². The lowest BCUT2D eigenvalue weighted by molar-refractivity contribution is 1.30. The van der Waals surface area contributed by atoms with E-state index < -0.39 is 0 Å². The Labute approximate surface area is 83.0 Å². The number of hydrogen-bond acceptors (Lipinski definition) is 2. The van der Waals surface area contributed by atoms with Gasteiger partial charge in [-0.1, -0.05) is 36.4 Å². The predicted molar refractivity (Wildman–Crippen MR) is 58.4 cm³/mol. The molecule has 0 heterocycles. The first-order chi connectivity index (χ1) is 6.88. The zero-order chi connectivity index (χ0) is 9.80. The minimum Gasteiger partial charge on any atom is -0.754 e. The molecule has 2 aromatic carbocycles. The van der Waals surface area contributed by atoms with Gasteiger partial charge in [-0.2, -0.15) is 0 Å². The summed E-state index contributed by atoms with van der Waals surface area (Å²) in [7, 11) is 0. The van der Waals surface area contributed by atoms with E-state index >= 15 is 0 Å². The van der Waals surface area contributed by atoms with Gasteiger partial charge in [-0.05, 0) is 24.3 Å².